The molecule has 1 atom stereocenters. The molecule has 3 heteroatoms. The Morgan fingerprint density at radius 3 is 3.09 bits per heavy atom. The van der Waals surface area contributed by atoms with E-state index >= 15 is 0 Å². The summed E-state index contributed by atoms with van der Waals surface area (Å²) in [4.78, 5) is 0. The maximum atomic E-state index is 5.21. The molecule has 0 saturated heterocycles. The van der Waals surface area contributed by atoms with Crippen LogP contribution in [0, 0.1) is 12.3 Å². The van der Waals surface area contributed by atoms with Crippen molar-refractivity contribution in [3.05, 3.63) is 22.4 Å². The predicted octanol–water partition coefficient (Wildman–Crippen LogP) is 0.756. The molecule has 2 nitrogen and oxygen atoms in total. The van der Waals surface area contributed by atoms with Gasteiger partial charge in [-0.15, -0.1) is 6.42 Å². The van der Waals surface area contributed by atoms with Gasteiger partial charge in [0, 0.05) is 6.42 Å². The number of nitrogens with two attached hydrogens (primary N) is 1. The highest BCUT2D eigenvalue weighted by molar-refractivity contribution is 7.07. The minimum absolute atomic E-state index is 0.0513. The van der Waals surface area contributed by atoms with Crippen molar-refractivity contribution in [1.29, 1.82) is 0 Å². The third-order valence-corrected chi connectivity index (χ3v) is 2.15. The highest BCUT2D eigenvalue weighted by atomic mass is 32.1. The Kier molecular flexibility index (Phi) is 3.12. The monoisotopic (exact) mass is 166 g/mol. The van der Waals surface area contributed by atoms with Crippen LogP contribution >= 0.6 is 11.3 Å². The molecule has 0 bridgehead atoms. The van der Waals surface area contributed by atoms with Crippen molar-refractivity contribution in [1.82, 2.24) is 5.43 Å². The molecule has 0 radical (unpaired) electrons. The summed E-state index contributed by atoms with van der Waals surface area (Å²) in [5.41, 5.74) is 3.79. The summed E-state index contributed by atoms with van der Waals surface area (Å²) in [6, 6.07) is 2.00. The van der Waals surface area contributed by atoms with Gasteiger partial charge in [0.1, 0.15) is 0 Å². The van der Waals surface area contributed by atoms with Crippen LogP contribution in [-0.2, 0) is 6.42 Å². The van der Waals surface area contributed by atoms with E-state index in [2.05, 4.69) is 16.7 Å². The topological polar surface area (TPSA) is 38.0 Å². The molecule has 0 spiro atoms. The van der Waals surface area contributed by atoms with Gasteiger partial charge in [-0.3, -0.25) is 5.84 Å². The Morgan fingerprint density at radius 1 is 1.82 bits per heavy atom. The van der Waals surface area contributed by atoms with E-state index in [1.807, 2.05) is 11.4 Å². The van der Waals surface area contributed by atoms with Gasteiger partial charge >= 0.3 is 0 Å². The first-order chi connectivity index (χ1) is 5.36. The van der Waals surface area contributed by atoms with Gasteiger partial charge in [-0.05, 0) is 22.4 Å². The fourth-order valence-corrected chi connectivity index (χ4v) is 1.49. The number of thiophene rings is 1. The summed E-state index contributed by atoms with van der Waals surface area (Å²) in [5.74, 6) is 7.77. The zero-order chi connectivity index (χ0) is 8.10. The molecule has 58 valence electrons. The highest BCUT2D eigenvalue weighted by Crippen LogP contribution is 2.07. The lowest BCUT2D eigenvalue weighted by Crippen LogP contribution is -2.35. The summed E-state index contributed by atoms with van der Waals surface area (Å²) in [6.45, 7) is 0. The fourth-order valence-electron chi connectivity index (χ4n) is 0.810. The second-order valence-corrected chi connectivity index (χ2v) is 3.00. The smallest absolute Gasteiger partial charge is 0.0855 e. The molecule has 1 rings (SSSR count). The lowest BCUT2D eigenvalue weighted by Gasteiger charge is -2.05. The maximum Gasteiger partial charge on any atom is 0.0855 e. The van der Waals surface area contributed by atoms with Crippen molar-refractivity contribution in [3.8, 4) is 12.3 Å². The van der Waals surface area contributed by atoms with Gasteiger partial charge in [0.05, 0.1) is 6.04 Å². The maximum absolute atomic E-state index is 5.21. The number of rotatable bonds is 3. The molecule has 0 fully saturated rings. The Bertz CT molecular complexity index is 235. The van der Waals surface area contributed by atoms with Crippen LogP contribution in [-0.4, -0.2) is 6.04 Å². The van der Waals surface area contributed by atoms with Crippen LogP contribution in [0.1, 0.15) is 5.56 Å². The van der Waals surface area contributed by atoms with Crippen LogP contribution in [0.15, 0.2) is 16.8 Å². The van der Waals surface area contributed by atoms with Gasteiger partial charge in [-0.1, -0.05) is 5.92 Å². The van der Waals surface area contributed by atoms with Crippen LogP contribution in [0.3, 0.4) is 0 Å². The molecule has 1 aromatic heterocycles. The van der Waals surface area contributed by atoms with Crippen molar-refractivity contribution in [2.75, 3.05) is 0 Å². The minimum atomic E-state index is -0.0513. The van der Waals surface area contributed by atoms with E-state index in [1.54, 1.807) is 11.3 Å². The molecule has 3 N–H and O–H groups in total. The number of terminal acetylenes is 1. The average molecular weight is 166 g/mol. The van der Waals surface area contributed by atoms with Crippen molar-refractivity contribution >= 4 is 11.3 Å². The predicted molar refractivity (Wildman–Crippen MR) is 48.0 cm³/mol. The quantitative estimate of drug-likeness (QED) is 0.395. The SMILES string of the molecule is C#CC(Cc1ccsc1)NN. The molecule has 0 saturated carbocycles. The fraction of sp³-hybridized carbons (Fsp3) is 0.250. The molecular formula is C8H10N2S. The van der Waals surface area contributed by atoms with Gasteiger partial charge in [0.15, 0.2) is 0 Å². The molecule has 1 unspecified atom stereocenters. The van der Waals surface area contributed by atoms with Crippen LogP contribution < -0.4 is 11.3 Å². The normalized spacial score (nSPS) is 12.4. The van der Waals surface area contributed by atoms with Crippen molar-refractivity contribution in [2.24, 2.45) is 5.84 Å². The molecule has 1 aromatic rings. The first-order valence-corrected chi connectivity index (χ1v) is 4.24. The minimum Gasteiger partial charge on any atom is -0.270 e. The van der Waals surface area contributed by atoms with E-state index in [4.69, 9.17) is 12.3 Å². The van der Waals surface area contributed by atoms with Gasteiger partial charge in [-0.25, -0.2) is 5.43 Å². The van der Waals surface area contributed by atoms with E-state index in [0.717, 1.165) is 6.42 Å². The summed E-state index contributed by atoms with van der Waals surface area (Å²) in [5, 5.41) is 4.10. The molecule has 0 aliphatic heterocycles. The lowest BCUT2D eigenvalue weighted by molar-refractivity contribution is 0.634. The molecule has 11 heavy (non-hydrogen) atoms. The molecule has 0 aromatic carbocycles. The zero-order valence-electron chi connectivity index (χ0n) is 6.08. The second kappa shape index (κ2) is 4.14. The van der Waals surface area contributed by atoms with E-state index in [0.29, 0.717) is 0 Å². The summed E-state index contributed by atoms with van der Waals surface area (Å²) >= 11 is 1.67. The standard InChI is InChI=1S/C8H10N2S/c1-2-8(10-9)5-7-3-4-11-6-7/h1,3-4,6,8,10H,5,9H2. The summed E-state index contributed by atoms with van der Waals surface area (Å²) in [7, 11) is 0. The number of hydrazine groups is 1. The third kappa shape index (κ3) is 2.35. The Balaban J connectivity index is 2.49. The first-order valence-electron chi connectivity index (χ1n) is 3.30. The van der Waals surface area contributed by atoms with Crippen LogP contribution in [0.25, 0.3) is 0 Å². The Labute approximate surface area is 70.4 Å². The second-order valence-electron chi connectivity index (χ2n) is 2.22. The van der Waals surface area contributed by atoms with E-state index in [1.165, 1.54) is 5.56 Å². The Morgan fingerprint density at radius 2 is 2.64 bits per heavy atom. The molecular weight excluding hydrogens is 156 g/mol. The largest absolute Gasteiger partial charge is 0.270 e. The van der Waals surface area contributed by atoms with Crippen molar-refractivity contribution < 1.29 is 0 Å². The summed E-state index contributed by atoms with van der Waals surface area (Å²) < 4.78 is 0. The molecule has 0 aliphatic rings. The van der Waals surface area contributed by atoms with E-state index in [-0.39, 0.29) is 6.04 Å². The molecule has 0 amide bonds. The summed E-state index contributed by atoms with van der Waals surface area (Å²) in [6.07, 6.45) is 6.01. The van der Waals surface area contributed by atoms with Crippen LogP contribution in [0.5, 0.6) is 0 Å². The number of hydrogen-bond donors (Lipinski definition) is 2. The van der Waals surface area contributed by atoms with Crippen molar-refractivity contribution in [3.63, 3.8) is 0 Å². The van der Waals surface area contributed by atoms with Crippen LogP contribution in [0.2, 0.25) is 0 Å². The van der Waals surface area contributed by atoms with Gasteiger partial charge < -0.3 is 0 Å². The van der Waals surface area contributed by atoms with Crippen LogP contribution in [0.4, 0.5) is 0 Å². The lowest BCUT2D eigenvalue weighted by atomic mass is 10.1. The van der Waals surface area contributed by atoms with E-state index < -0.39 is 0 Å². The number of nitrogens with one attached hydrogen (secondary N) is 1. The highest BCUT2D eigenvalue weighted by Gasteiger charge is 2.02. The average Bonchev–Trinajstić information content (AvgIpc) is 2.52. The molecule has 1 heterocycles. The Hall–Kier alpha value is -0.820. The number of hydrogen-bond acceptors (Lipinski definition) is 3. The van der Waals surface area contributed by atoms with Crippen molar-refractivity contribution in [2.45, 2.75) is 12.5 Å². The van der Waals surface area contributed by atoms with Gasteiger partial charge in [0.25, 0.3) is 0 Å². The van der Waals surface area contributed by atoms with Gasteiger partial charge in [0.2, 0.25) is 0 Å². The zero-order valence-corrected chi connectivity index (χ0v) is 6.90. The van der Waals surface area contributed by atoms with E-state index in [9.17, 15) is 0 Å². The third-order valence-electron chi connectivity index (χ3n) is 1.42. The first kappa shape index (κ1) is 8.28. The van der Waals surface area contributed by atoms with Gasteiger partial charge in [-0.2, -0.15) is 11.3 Å². The molecule has 0 aliphatic carbocycles.